The molecule has 0 radical (unpaired) electrons. The molecule has 4 rings (SSSR count). The first-order chi connectivity index (χ1) is 12.2. The van der Waals surface area contributed by atoms with Gasteiger partial charge in [0, 0.05) is 11.1 Å². The highest BCUT2D eigenvalue weighted by molar-refractivity contribution is 7.71. The van der Waals surface area contributed by atoms with Crippen LogP contribution in [-0.4, -0.2) is 21.1 Å². The molecule has 25 heavy (non-hydrogen) atoms. The molecule has 0 aliphatic carbocycles. The molecule has 0 atom stereocenters. The predicted molar refractivity (Wildman–Crippen MR) is 99.7 cm³/mol. The Morgan fingerprint density at radius 1 is 1.00 bits per heavy atom. The van der Waals surface area contributed by atoms with Crippen molar-refractivity contribution in [1.29, 1.82) is 0 Å². The first-order valence-corrected chi connectivity index (χ1v) is 8.09. The normalized spacial score (nSPS) is 11.4. The van der Waals surface area contributed by atoms with Crippen LogP contribution in [0.15, 0.2) is 71.8 Å². The van der Waals surface area contributed by atoms with E-state index in [0.29, 0.717) is 10.6 Å². The van der Waals surface area contributed by atoms with Gasteiger partial charge in [-0.25, -0.2) is 9.49 Å². The fourth-order valence-corrected chi connectivity index (χ4v) is 2.85. The van der Waals surface area contributed by atoms with Crippen molar-refractivity contribution in [2.24, 2.45) is 5.10 Å². The van der Waals surface area contributed by atoms with E-state index in [1.54, 1.807) is 18.3 Å². The minimum Gasteiger partial charge on any atom is -0.250 e. The maximum atomic E-state index is 13.1. The summed E-state index contributed by atoms with van der Waals surface area (Å²) in [6.07, 6.45) is 1.75. The first kappa shape index (κ1) is 15.4. The molecule has 4 aromatic rings. The molecular weight excluding hydrogens is 335 g/mol. The Morgan fingerprint density at radius 3 is 2.60 bits per heavy atom. The van der Waals surface area contributed by atoms with Gasteiger partial charge in [-0.1, -0.05) is 42.5 Å². The fourth-order valence-electron chi connectivity index (χ4n) is 2.67. The van der Waals surface area contributed by atoms with Gasteiger partial charge in [-0.05, 0) is 47.3 Å². The predicted octanol–water partition coefficient (Wildman–Crippen LogP) is 4.78. The summed E-state index contributed by atoms with van der Waals surface area (Å²) in [5, 5.41) is 13.7. The molecule has 4 nitrogen and oxygen atoms in total. The van der Waals surface area contributed by atoms with Crippen LogP contribution in [0.25, 0.3) is 22.2 Å². The quantitative estimate of drug-likeness (QED) is 0.428. The van der Waals surface area contributed by atoms with Crippen LogP contribution in [-0.2, 0) is 0 Å². The molecule has 0 fully saturated rings. The highest BCUT2D eigenvalue weighted by Gasteiger charge is 2.08. The molecule has 3 aromatic carbocycles. The molecule has 6 heteroatoms. The molecular formula is C19H13FN4S. The van der Waals surface area contributed by atoms with Gasteiger partial charge in [0.25, 0.3) is 0 Å². The van der Waals surface area contributed by atoms with Crippen molar-refractivity contribution in [1.82, 2.24) is 14.9 Å². The molecule has 0 saturated heterocycles. The van der Waals surface area contributed by atoms with Gasteiger partial charge in [-0.15, -0.1) is 0 Å². The SMILES string of the molecule is Fc1ccc(-c2n[nH]c(=S)n2N=Cc2cccc3ccccc23)cc1. The summed E-state index contributed by atoms with van der Waals surface area (Å²) in [5.41, 5.74) is 1.70. The number of nitrogens with one attached hydrogen (secondary N) is 1. The Labute approximate surface area is 148 Å². The van der Waals surface area contributed by atoms with Crippen LogP contribution >= 0.6 is 12.2 Å². The van der Waals surface area contributed by atoms with Gasteiger partial charge >= 0.3 is 0 Å². The number of hydrogen-bond acceptors (Lipinski definition) is 3. The number of nitrogens with zero attached hydrogens (tertiary/aromatic N) is 3. The number of aromatic nitrogens is 3. The van der Waals surface area contributed by atoms with Crippen molar-refractivity contribution in [3.8, 4) is 11.4 Å². The van der Waals surface area contributed by atoms with Crippen LogP contribution < -0.4 is 0 Å². The van der Waals surface area contributed by atoms with Crippen molar-refractivity contribution in [2.45, 2.75) is 0 Å². The molecule has 1 aromatic heterocycles. The second kappa shape index (κ2) is 6.41. The summed E-state index contributed by atoms with van der Waals surface area (Å²) >= 11 is 5.27. The van der Waals surface area contributed by atoms with E-state index in [-0.39, 0.29) is 5.82 Å². The van der Waals surface area contributed by atoms with Crippen LogP contribution in [0.3, 0.4) is 0 Å². The molecule has 0 saturated carbocycles. The lowest BCUT2D eigenvalue weighted by Crippen LogP contribution is -1.95. The van der Waals surface area contributed by atoms with Gasteiger partial charge in [0.1, 0.15) is 5.82 Å². The van der Waals surface area contributed by atoms with E-state index in [1.807, 2.05) is 30.3 Å². The average Bonchev–Trinajstić information content (AvgIpc) is 3.01. The van der Waals surface area contributed by atoms with E-state index < -0.39 is 0 Å². The van der Waals surface area contributed by atoms with Crippen LogP contribution in [0.4, 0.5) is 4.39 Å². The summed E-state index contributed by atoms with van der Waals surface area (Å²) in [4.78, 5) is 0. The van der Waals surface area contributed by atoms with Crippen LogP contribution in [0.2, 0.25) is 0 Å². The number of rotatable bonds is 3. The molecule has 0 spiro atoms. The molecule has 0 unspecified atom stereocenters. The van der Waals surface area contributed by atoms with E-state index in [1.165, 1.54) is 16.8 Å². The van der Waals surface area contributed by atoms with Gasteiger partial charge in [0.2, 0.25) is 4.77 Å². The Morgan fingerprint density at radius 2 is 1.76 bits per heavy atom. The van der Waals surface area contributed by atoms with Crippen molar-refractivity contribution in [2.75, 3.05) is 0 Å². The Hall–Kier alpha value is -3.12. The Balaban J connectivity index is 1.78. The fraction of sp³-hybridized carbons (Fsp3) is 0. The number of H-pyrrole nitrogens is 1. The minimum atomic E-state index is -0.302. The van der Waals surface area contributed by atoms with E-state index in [0.717, 1.165) is 21.9 Å². The number of aromatic amines is 1. The zero-order chi connectivity index (χ0) is 17.2. The summed E-state index contributed by atoms with van der Waals surface area (Å²) in [6.45, 7) is 0. The van der Waals surface area contributed by atoms with Crippen LogP contribution in [0, 0.1) is 10.6 Å². The van der Waals surface area contributed by atoms with Crippen molar-refractivity contribution < 1.29 is 4.39 Å². The topological polar surface area (TPSA) is 46.0 Å². The second-order valence-corrected chi connectivity index (χ2v) is 5.87. The number of halogens is 1. The Bertz CT molecular complexity index is 1120. The third kappa shape index (κ3) is 2.99. The van der Waals surface area contributed by atoms with Crippen molar-refractivity contribution >= 4 is 29.2 Å². The van der Waals surface area contributed by atoms with Crippen LogP contribution in [0.5, 0.6) is 0 Å². The molecule has 0 aliphatic rings. The molecule has 0 amide bonds. The molecule has 0 aliphatic heterocycles. The van der Waals surface area contributed by atoms with Gasteiger partial charge < -0.3 is 0 Å². The standard InChI is InChI=1S/C19H13FN4S/c20-16-10-8-14(9-11-16)18-22-23-19(25)24(18)21-12-15-6-3-5-13-4-1-2-7-17(13)15/h1-12H,(H,23,25). The molecule has 122 valence electrons. The van der Waals surface area contributed by atoms with Gasteiger partial charge in [0.15, 0.2) is 5.82 Å². The number of fused-ring (bicyclic) bond motifs is 1. The average molecular weight is 348 g/mol. The highest BCUT2D eigenvalue weighted by Crippen LogP contribution is 2.19. The maximum absolute atomic E-state index is 13.1. The summed E-state index contributed by atoms with van der Waals surface area (Å²) in [6, 6.07) is 20.2. The smallest absolute Gasteiger partial charge is 0.216 e. The largest absolute Gasteiger partial charge is 0.250 e. The first-order valence-electron chi connectivity index (χ1n) is 7.68. The molecule has 1 heterocycles. The van der Waals surface area contributed by atoms with Gasteiger partial charge in [-0.3, -0.25) is 0 Å². The summed E-state index contributed by atoms with van der Waals surface area (Å²) in [7, 11) is 0. The van der Waals surface area contributed by atoms with E-state index in [4.69, 9.17) is 12.2 Å². The minimum absolute atomic E-state index is 0.302. The third-order valence-electron chi connectivity index (χ3n) is 3.89. The van der Waals surface area contributed by atoms with Crippen LogP contribution in [0.1, 0.15) is 5.56 Å². The molecule has 1 N–H and O–H groups in total. The Kier molecular flexibility index (Phi) is 3.95. The lowest BCUT2D eigenvalue weighted by atomic mass is 10.1. The summed E-state index contributed by atoms with van der Waals surface area (Å²) in [5.74, 6) is 0.227. The zero-order valence-corrected chi connectivity index (χ0v) is 13.9. The monoisotopic (exact) mass is 348 g/mol. The maximum Gasteiger partial charge on any atom is 0.216 e. The van der Waals surface area contributed by atoms with E-state index in [2.05, 4.69) is 27.4 Å². The zero-order valence-electron chi connectivity index (χ0n) is 13.1. The lowest BCUT2D eigenvalue weighted by molar-refractivity contribution is 0.628. The van der Waals surface area contributed by atoms with Crippen molar-refractivity contribution in [3.05, 3.63) is 82.9 Å². The van der Waals surface area contributed by atoms with E-state index >= 15 is 0 Å². The van der Waals surface area contributed by atoms with Gasteiger partial charge in [-0.2, -0.15) is 14.9 Å². The van der Waals surface area contributed by atoms with Gasteiger partial charge in [0.05, 0.1) is 6.21 Å². The summed E-state index contributed by atoms with van der Waals surface area (Å²) < 4.78 is 15.0. The van der Waals surface area contributed by atoms with Crippen molar-refractivity contribution in [3.63, 3.8) is 0 Å². The van der Waals surface area contributed by atoms with E-state index in [9.17, 15) is 4.39 Å². The molecule has 0 bridgehead atoms. The highest BCUT2D eigenvalue weighted by atomic mass is 32.1. The third-order valence-corrected chi connectivity index (χ3v) is 4.15. The second-order valence-electron chi connectivity index (χ2n) is 5.48. The lowest BCUT2D eigenvalue weighted by Gasteiger charge is -2.03. The number of benzene rings is 3. The number of hydrogen-bond donors (Lipinski definition) is 1.